The van der Waals surface area contributed by atoms with Gasteiger partial charge in [0.1, 0.15) is 0 Å². The van der Waals surface area contributed by atoms with Gasteiger partial charge in [-0.15, -0.1) is 0 Å². The molecule has 3 heteroatoms. The van der Waals surface area contributed by atoms with Gasteiger partial charge in [0, 0.05) is 24.7 Å². The molecule has 4 atom stereocenters. The Labute approximate surface area is 124 Å². The smallest absolute Gasteiger partial charge is 0.0731 e. The molecular formula is C17H32N2O. The molecule has 116 valence electrons. The first-order valence-electron chi connectivity index (χ1n) is 8.74. The molecule has 1 saturated heterocycles. The van der Waals surface area contributed by atoms with Crippen LogP contribution in [0.4, 0.5) is 0 Å². The average molecular weight is 280 g/mol. The van der Waals surface area contributed by atoms with Gasteiger partial charge in [0.2, 0.25) is 0 Å². The second-order valence-corrected chi connectivity index (χ2v) is 7.63. The van der Waals surface area contributed by atoms with Gasteiger partial charge in [0.25, 0.3) is 0 Å². The van der Waals surface area contributed by atoms with Gasteiger partial charge in [0.05, 0.1) is 12.7 Å². The summed E-state index contributed by atoms with van der Waals surface area (Å²) in [5, 5.41) is 3.82. The summed E-state index contributed by atoms with van der Waals surface area (Å²) in [5.74, 6) is 0. The zero-order chi connectivity index (χ0) is 14.2. The lowest BCUT2D eigenvalue weighted by atomic mass is 9.70. The van der Waals surface area contributed by atoms with Crippen LogP contribution in [0.3, 0.4) is 0 Å². The number of morpholine rings is 1. The molecule has 0 aromatic carbocycles. The Hall–Kier alpha value is -0.120. The molecular weight excluding hydrogens is 248 g/mol. The van der Waals surface area contributed by atoms with Crippen LogP contribution in [-0.2, 0) is 4.74 Å². The van der Waals surface area contributed by atoms with Gasteiger partial charge in [-0.1, -0.05) is 27.2 Å². The van der Waals surface area contributed by atoms with Crippen molar-refractivity contribution in [2.45, 2.75) is 83.5 Å². The predicted octanol–water partition coefficient (Wildman–Crippen LogP) is 2.80. The first kappa shape index (κ1) is 14.8. The van der Waals surface area contributed by atoms with E-state index in [0.29, 0.717) is 29.6 Å². The summed E-state index contributed by atoms with van der Waals surface area (Å²) in [5.41, 5.74) is 0.422. The fourth-order valence-corrected chi connectivity index (χ4v) is 4.97. The van der Waals surface area contributed by atoms with E-state index in [-0.39, 0.29) is 0 Å². The molecule has 0 spiro atoms. The first-order chi connectivity index (χ1) is 9.63. The van der Waals surface area contributed by atoms with Crippen molar-refractivity contribution in [2.24, 2.45) is 5.41 Å². The summed E-state index contributed by atoms with van der Waals surface area (Å²) in [6.07, 6.45) is 8.62. The van der Waals surface area contributed by atoms with Gasteiger partial charge in [-0.2, -0.15) is 0 Å². The highest BCUT2D eigenvalue weighted by molar-refractivity contribution is 5.02. The number of hydrogen-bond donors (Lipinski definition) is 1. The van der Waals surface area contributed by atoms with Gasteiger partial charge >= 0.3 is 0 Å². The first-order valence-corrected chi connectivity index (χ1v) is 8.74. The highest BCUT2D eigenvalue weighted by Crippen LogP contribution is 2.41. The summed E-state index contributed by atoms with van der Waals surface area (Å²) in [7, 11) is 0. The van der Waals surface area contributed by atoms with Crippen LogP contribution in [0.5, 0.6) is 0 Å². The second kappa shape index (κ2) is 5.94. The van der Waals surface area contributed by atoms with Crippen LogP contribution in [0, 0.1) is 5.41 Å². The number of rotatable bonds is 3. The van der Waals surface area contributed by atoms with E-state index < -0.39 is 0 Å². The molecule has 20 heavy (non-hydrogen) atoms. The van der Waals surface area contributed by atoms with Gasteiger partial charge in [0.15, 0.2) is 0 Å². The molecule has 0 aromatic heterocycles. The molecule has 1 N–H and O–H groups in total. The minimum atomic E-state index is 0.422. The van der Waals surface area contributed by atoms with Crippen LogP contribution in [0.15, 0.2) is 0 Å². The normalized spacial score (nSPS) is 41.5. The maximum atomic E-state index is 6.01. The van der Waals surface area contributed by atoms with Crippen LogP contribution in [0.25, 0.3) is 0 Å². The maximum Gasteiger partial charge on any atom is 0.0731 e. The number of fused-ring (bicyclic) bond motifs is 1. The second-order valence-electron chi connectivity index (χ2n) is 7.63. The van der Waals surface area contributed by atoms with Crippen molar-refractivity contribution < 1.29 is 4.74 Å². The molecule has 1 heterocycles. The highest BCUT2D eigenvalue weighted by atomic mass is 16.5. The lowest BCUT2D eigenvalue weighted by Gasteiger charge is -2.52. The number of hydrogen-bond acceptors (Lipinski definition) is 3. The summed E-state index contributed by atoms with van der Waals surface area (Å²) >= 11 is 0. The summed E-state index contributed by atoms with van der Waals surface area (Å²) in [6.45, 7) is 10.3. The Morgan fingerprint density at radius 1 is 1.15 bits per heavy atom. The fourth-order valence-electron chi connectivity index (χ4n) is 4.97. The number of ether oxygens (including phenoxy) is 1. The summed E-state index contributed by atoms with van der Waals surface area (Å²) < 4.78 is 6.01. The van der Waals surface area contributed by atoms with Gasteiger partial charge in [-0.05, 0) is 44.1 Å². The number of nitrogens with zero attached hydrogens (tertiary/aromatic N) is 1. The van der Waals surface area contributed by atoms with Crippen molar-refractivity contribution in [3.05, 3.63) is 0 Å². The Bertz CT molecular complexity index is 331. The van der Waals surface area contributed by atoms with Crippen molar-refractivity contribution in [1.82, 2.24) is 10.2 Å². The number of likely N-dealkylation sites (N-methyl/N-ethyl adjacent to an activating group) is 1. The van der Waals surface area contributed by atoms with Crippen LogP contribution in [0.2, 0.25) is 0 Å². The van der Waals surface area contributed by atoms with E-state index in [1.54, 1.807) is 0 Å². The van der Waals surface area contributed by atoms with Gasteiger partial charge in [-0.25, -0.2) is 0 Å². The topological polar surface area (TPSA) is 24.5 Å². The molecule has 0 amide bonds. The Morgan fingerprint density at radius 2 is 1.95 bits per heavy atom. The minimum absolute atomic E-state index is 0.422. The summed E-state index contributed by atoms with van der Waals surface area (Å²) in [4.78, 5) is 2.83. The van der Waals surface area contributed by atoms with Crippen molar-refractivity contribution in [3.63, 3.8) is 0 Å². The molecule has 4 unspecified atom stereocenters. The van der Waals surface area contributed by atoms with E-state index in [0.717, 1.165) is 19.7 Å². The van der Waals surface area contributed by atoms with Crippen molar-refractivity contribution in [3.8, 4) is 0 Å². The lowest BCUT2D eigenvalue weighted by molar-refractivity contribution is -0.0917. The fraction of sp³-hybridized carbons (Fsp3) is 1.00. The maximum absolute atomic E-state index is 6.01. The standard InChI is InChI=1S/C17H32N2O/c1-4-18-16-14(8-6-10-17(16,2)3)19-11-12-20-15-9-5-7-13(15)19/h13-16,18H,4-12H2,1-3H3. The van der Waals surface area contributed by atoms with E-state index in [9.17, 15) is 0 Å². The molecule has 3 rings (SSSR count). The molecule has 0 aromatic rings. The van der Waals surface area contributed by atoms with E-state index >= 15 is 0 Å². The zero-order valence-corrected chi connectivity index (χ0v) is 13.5. The van der Waals surface area contributed by atoms with Crippen LogP contribution in [-0.4, -0.2) is 48.8 Å². The number of nitrogens with one attached hydrogen (secondary N) is 1. The minimum Gasteiger partial charge on any atom is -0.375 e. The molecule has 1 aliphatic heterocycles. The Balaban J connectivity index is 1.79. The Kier molecular flexibility index (Phi) is 4.40. The Morgan fingerprint density at radius 3 is 2.75 bits per heavy atom. The molecule has 2 aliphatic carbocycles. The SMILES string of the molecule is CCNC1C(N2CCOC3CCCC32)CCCC1(C)C. The van der Waals surface area contributed by atoms with E-state index in [2.05, 4.69) is 31.0 Å². The van der Waals surface area contributed by atoms with Gasteiger partial charge < -0.3 is 10.1 Å². The van der Waals surface area contributed by atoms with Gasteiger partial charge in [-0.3, -0.25) is 4.90 Å². The average Bonchev–Trinajstić information content (AvgIpc) is 2.89. The lowest BCUT2D eigenvalue weighted by Crippen LogP contribution is -2.63. The van der Waals surface area contributed by atoms with Crippen LogP contribution < -0.4 is 5.32 Å². The predicted molar refractivity (Wildman–Crippen MR) is 83.0 cm³/mol. The molecule has 3 fully saturated rings. The third-order valence-corrected chi connectivity index (χ3v) is 5.92. The zero-order valence-electron chi connectivity index (χ0n) is 13.5. The largest absolute Gasteiger partial charge is 0.375 e. The third-order valence-electron chi connectivity index (χ3n) is 5.92. The van der Waals surface area contributed by atoms with Crippen molar-refractivity contribution in [2.75, 3.05) is 19.7 Å². The molecule has 2 saturated carbocycles. The third kappa shape index (κ3) is 2.65. The van der Waals surface area contributed by atoms with Crippen LogP contribution >= 0.6 is 0 Å². The summed E-state index contributed by atoms with van der Waals surface area (Å²) in [6, 6.07) is 2.05. The molecule has 3 nitrogen and oxygen atoms in total. The van der Waals surface area contributed by atoms with E-state index in [1.165, 1.54) is 38.5 Å². The van der Waals surface area contributed by atoms with Crippen LogP contribution in [0.1, 0.15) is 59.3 Å². The monoisotopic (exact) mass is 280 g/mol. The van der Waals surface area contributed by atoms with E-state index in [4.69, 9.17) is 4.74 Å². The molecule has 0 radical (unpaired) electrons. The highest BCUT2D eigenvalue weighted by Gasteiger charge is 2.46. The van der Waals surface area contributed by atoms with E-state index in [1.807, 2.05) is 0 Å². The molecule has 0 bridgehead atoms. The van der Waals surface area contributed by atoms with Crippen molar-refractivity contribution >= 4 is 0 Å². The molecule has 3 aliphatic rings. The van der Waals surface area contributed by atoms with Crippen molar-refractivity contribution in [1.29, 1.82) is 0 Å². The quantitative estimate of drug-likeness (QED) is 0.860.